The first-order valence-corrected chi connectivity index (χ1v) is 11.1. The summed E-state index contributed by atoms with van der Waals surface area (Å²) in [5.74, 6) is 1.53. The SMILES string of the molecule is CCOCCn1nc(C)c2nc(N3C[C@@H]4C[C@H]3CN4)nc(Nc3cnc(C)c(C)c3)c21. The number of aromatic nitrogens is 5. The summed E-state index contributed by atoms with van der Waals surface area (Å²) in [6.45, 7) is 12.0. The molecule has 2 atom stereocenters. The summed E-state index contributed by atoms with van der Waals surface area (Å²) in [5, 5.41) is 11.8. The average molecular weight is 423 g/mol. The van der Waals surface area contributed by atoms with Crippen LogP contribution in [0.15, 0.2) is 12.3 Å². The number of rotatable bonds is 7. The summed E-state index contributed by atoms with van der Waals surface area (Å²) in [7, 11) is 0. The average Bonchev–Trinajstić information content (AvgIpc) is 3.46. The minimum atomic E-state index is 0.451. The van der Waals surface area contributed by atoms with Gasteiger partial charge in [0, 0.05) is 37.5 Å². The van der Waals surface area contributed by atoms with Crippen LogP contribution in [-0.4, -0.2) is 63.1 Å². The van der Waals surface area contributed by atoms with Gasteiger partial charge in [-0.25, -0.2) is 4.98 Å². The zero-order chi connectivity index (χ0) is 21.5. The van der Waals surface area contributed by atoms with Crippen LogP contribution in [0.25, 0.3) is 11.0 Å². The normalized spacial score (nSPS) is 20.2. The Morgan fingerprint density at radius 3 is 2.81 bits per heavy atom. The number of fused-ring (bicyclic) bond motifs is 3. The number of nitrogens with one attached hydrogen (secondary N) is 2. The molecule has 0 saturated carbocycles. The molecule has 0 aliphatic carbocycles. The molecule has 0 amide bonds. The van der Waals surface area contributed by atoms with Crippen molar-refractivity contribution >= 4 is 28.5 Å². The van der Waals surface area contributed by atoms with E-state index in [1.165, 1.54) is 0 Å². The Morgan fingerprint density at radius 1 is 1.23 bits per heavy atom. The molecule has 0 aromatic carbocycles. The fourth-order valence-corrected chi connectivity index (χ4v) is 4.54. The maximum Gasteiger partial charge on any atom is 0.228 e. The molecule has 3 aromatic heterocycles. The van der Waals surface area contributed by atoms with Crippen molar-refractivity contribution in [3.05, 3.63) is 29.2 Å². The number of nitrogens with zero attached hydrogens (tertiary/aromatic N) is 6. The predicted molar refractivity (Wildman–Crippen MR) is 121 cm³/mol. The molecule has 5 heterocycles. The summed E-state index contributed by atoms with van der Waals surface area (Å²) in [5.41, 5.74) is 5.77. The highest BCUT2D eigenvalue weighted by Gasteiger charge is 2.39. The van der Waals surface area contributed by atoms with Crippen molar-refractivity contribution in [3.63, 3.8) is 0 Å². The third kappa shape index (κ3) is 3.72. The monoisotopic (exact) mass is 422 g/mol. The molecule has 9 nitrogen and oxygen atoms in total. The quantitative estimate of drug-likeness (QED) is 0.561. The van der Waals surface area contributed by atoms with Gasteiger partial charge in [0.1, 0.15) is 11.0 Å². The van der Waals surface area contributed by atoms with Gasteiger partial charge in [0.25, 0.3) is 0 Å². The van der Waals surface area contributed by atoms with Crippen molar-refractivity contribution in [2.45, 2.75) is 52.7 Å². The van der Waals surface area contributed by atoms with E-state index in [2.05, 4.69) is 33.5 Å². The Morgan fingerprint density at radius 2 is 2.10 bits per heavy atom. The van der Waals surface area contributed by atoms with Crippen LogP contribution in [0.4, 0.5) is 17.5 Å². The Bertz CT molecular complexity index is 1110. The van der Waals surface area contributed by atoms with E-state index in [0.717, 1.165) is 64.9 Å². The molecule has 5 rings (SSSR count). The Balaban J connectivity index is 1.59. The standard InChI is InChI=1S/C22H30N8O/c1-5-31-7-6-30-20-19(15(4)28-30)26-22(29-12-17-9-18(29)11-24-17)27-21(20)25-16-8-13(2)14(3)23-10-16/h8,10,17-18,24H,5-7,9,11-12H2,1-4H3,(H,25,26,27)/t17-,18-/m0/s1. The van der Waals surface area contributed by atoms with E-state index < -0.39 is 0 Å². The van der Waals surface area contributed by atoms with Crippen molar-refractivity contribution < 1.29 is 4.74 Å². The van der Waals surface area contributed by atoms with Gasteiger partial charge in [0.15, 0.2) is 5.82 Å². The lowest BCUT2D eigenvalue weighted by Gasteiger charge is -2.27. The fourth-order valence-electron chi connectivity index (χ4n) is 4.54. The van der Waals surface area contributed by atoms with Crippen molar-refractivity contribution in [2.24, 2.45) is 0 Å². The van der Waals surface area contributed by atoms with Gasteiger partial charge in [-0.05, 0) is 45.7 Å². The molecule has 0 radical (unpaired) electrons. The van der Waals surface area contributed by atoms with Crippen LogP contribution < -0.4 is 15.5 Å². The van der Waals surface area contributed by atoms with Gasteiger partial charge in [-0.3, -0.25) is 9.67 Å². The molecule has 164 valence electrons. The second-order valence-electron chi connectivity index (χ2n) is 8.47. The zero-order valence-electron chi connectivity index (χ0n) is 18.6. The second-order valence-corrected chi connectivity index (χ2v) is 8.47. The summed E-state index contributed by atoms with van der Waals surface area (Å²) < 4.78 is 7.53. The van der Waals surface area contributed by atoms with E-state index in [0.29, 0.717) is 31.8 Å². The molecule has 0 unspecified atom stereocenters. The summed E-state index contributed by atoms with van der Waals surface area (Å²) in [4.78, 5) is 16.8. The lowest BCUT2D eigenvalue weighted by Crippen LogP contribution is -2.44. The highest BCUT2D eigenvalue weighted by molar-refractivity contribution is 5.90. The van der Waals surface area contributed by atoms with E-state index in [1.54, 1.807) is 0 Å². The van der Waals surface area contributed by atoms with E-state index in [1.807, 2.05) is 31.6 Å². The molecule has 0 spiro atoms. The first kappa shape index (κ1) is 20.1. The Labute approximate surface area is 182 Å². The van der Waals surface area contributed by atoms with E-state index in [-0.39, 0.29) is 0 Å². The van der Waals surface area contributed by atoms with Gasteiger partial charge in [0.05, 0.1) is 30.7 Å². The van der Waals surface area contributed by atoms with Gasteiger partial charge in [-0.1, -0.05) is 0 Å². The number of ether oxygens (including phenoxy) is 1. The van der Waals surface area contributed by atoms with Gasteiger partial charge in [-0.15, -0.1) is 0 Å². The molecule has 2 bridgehead atoms. The van der Waals surface area contributed by atoms with E-state index >= 15 is 0 Å². The van der Waals surface area contributed by atoms with Crippen LogP contribution in [-0.2, 0) is 11.3 Å². The van der Waals surface area contributed by atoms with Crippen molar-refractivity contribution in [1.82, 2.24) is 30.0 Å². The molecule has 9 heteroatoms. The van der Waals surface area contributed by atoms with E-state index in [4.69, 9.17) is 19.8 Å². The van der Waals surface area contributed by atoms with Crippen LogP contribution in [0.2, 0.25) is 0 Å². The number of piperazine rings is 1. The third-order valence-electron chi connectivity index (χ3n) is 6.31. The van der Waals surface area contributed by atoms with Crippen LogP contribution in [0.5, 0.6) is 0 Å². The minimum absolute atomic E-state index is 0.451. The Kier molecular flexibility index (Phi) is 5.23. The highest BCUT2D eigenvalue weighted by atomic mass is 16.5. The molecule has 2 N–H and O–H groups in total. The summed E-state index contributed by atoms with van der Waals surface area (Å²) >= 11 is 0. The minimum Gasteiger partial charge on any atom is -0.380 e. The Hall–Kier alpha value is -2.78. The zero-order valence-corrected chi connectivity index (χ0v) is 18.6. The first-order chi connectivity index (χ1) is 15.0. The number of aryl methyl sites for hydroxylation is 3. The molecule has 3 aromatic rings. The van der Waals surface area contributed by atoms with Crippen LogP contribution in [0.1, 0.15) is 30.3 Å². The highest BCUT2D eigenvalue weighted by Crippen LogP contribution is 2.32. The number of hydrogen-bond acceptors (Lipinski definition) is 8. The molecule has 2 aliphatic heterocycles. The lowest BCUT2D eigenvalue weighted by molar-refractivity contribution is 0.137. The lowest BCUT2D eigenvalue weighted by atomic mass is 10.2. The molecular weight excluding hydrogens is 392 g/mol. The molecule has 2 fully saturated rings. The van der Waals surface area contributed by atoms with E-state index in [9.17, 15) is 0 Å². The number of pyridine rings is 1. The predicted octanol–water partition coefficient (Wildman–Crippen LogP) is 2.48. The largest absolute Gasteiger partial charge is 0.380 e. The maximum absolute atomic E-state index is 5.57. The van der Waals surface area contributed by atoms with Crippen molar-refractivity contribution in [3.8, 4) is 0 Å². The molecule has 2 aliphatic rings. The van der Waals surface area contributed by atoms with Crippen LogP contribution >= 0.6 is 0 Å². The molecular formula is C22H30N8O. The topological polar surface area (TPSA) is 93.0 Å². The third-order valence-corrected chi connectivity index (χ3v) is 6.31. The van der Waals surface area contributed by atoms with Gasteiger partial charge >= 0.3 is 0 Å². The van der Waals surface area contributed by atoms with Gasteiger partial charge < -0.3 is 20.3 Å². The summed E-state index contributed by atoms with van der Waals surface area (Å²) in [6, 6.07) is 3.08. The van der Waals surface area contributed by atoms with Crippen LogP contribution in [0.3, 0.4) is 0 Å². The molecule has 31 heavy (non-hydrogen) atoms. The molecule has 2 saturated heterocycles. The van der Waals surface area contributed by atoms with Gasteiger partial charge in [0.2, 0.25) is 5.95 Å². The van der Waals surface area contributed by atoms with Gasteiger partial charge in [-0.2, -0.15) is 10.1 Å². The van der Waals surface area contributed by atoms with Crippen LogP contribution in [0, 0.1) is 20.8 Å². The maximum atomic E-state index is 5.57. The smallest absolute Gasteiger partial charge is 0.228 e. The second kappa shape index (κ2) is 8.05. The number of anilines is 3. The van der Waals surface area contributed by atoms with Crippen molar-refractivity contribution in [2.75, 3.05) is 36.5 Å². The fraction of sp³-hybridized carbons (Fsp3) is 0.545. The number of hydrogen-bond donors (Lipinski definition) is 2. The van der Waals surface area contributed by atoms with Crippen molar-refractivity contribution in [1.29, 1.82) is 0 Å². The summed E-state index contributed by atoms with van der Waals surface area (Å²) in [6.07, 6.45) is 3.00. The first-order valence-electron chi connectivity index (χ1n) is 11.1.